The zero-order valence-electron chi connectivity index (χ0n) is 14.5. The van der Waals surface area contributed by atoms with Crippen LogP contribution in [0.4, 0.5) is 10.1 Å². The third-order valence-electron chi connectivity index (χ3n) is 4.08. The van der Waals surface area contributed by atoms with Crippen LogP contribution >= 0.6 is 0 Å². The molecule has 1 amide bonds. The minimum absolute atomic E-state index is 0.00272. The van der Waals surface area contributed by atoms with Gasteiger partial charge in [0.25, 0.3) is 5.91 Å². The molecule has 134 valence electrons. The molecule has 0 spiro atoms. The van der Waals surface area contributed by atoms with Crippen molar-refractivity contribution in [3.05, 3.63) is 65.2 Å². The van der Waals surface area contributed by atoms with Crippen molar-refractivity contribution in [2.24, 2.45) is 0 Å². The Hall–Kier alpha value is -3.15. The third kappa shape index (κ3) is 4.08. The van der Waals surface area contributed by atoms with Crippen LogP contribution in [0.3, 0.4) is 0 Å². The quantitative estimate of drug-likeness (QED) is 0.705. The number of amides is 1. The average molecular weight is 355 g/mol. The number of carbonyl (C=O) groups is 2. The fourth-order valence-electron chi connectivity index (χ4n) is 2.59. The van der Waals surface area contributed by atoms with Gasteiger partial charge in [0.1, 0.15) is 11.4 Å². The molecule has 0 aliphatic heterocycles. The first-order valence-corrected chi connectivity index (χ1v) is 8.11. The van der Waals surface area contributed by atoms with E-state index in [2.05, 4.69) is 5.32 Å². The molecule has 0 unspecified atom stereocenters. The summed E-state index contributed by atoms with van der Waals surface area (Å²) in [6.07, 6.45) is 1.53. The molecule has 0 radical (unpaired) electrons. The number of fused-ring (bicyclic) bond motifs is 1. The number of rotatable bonds is 5. The maximum atomic E-state index is 13.1. The van der Waals surface area contributed by atoms with Gasteiger partial charge in [-0.15, -0.1) is 0 Å². The first-order valence-electron chi connectivity index (χ1n) is 8.11. The molecule has 0 atom stereocenters. The molecular formula is C20H18FNO4. The van der Waals surface area contributed by atoms with Gasteiger partial charge in [-0.25, -0.2) is 4.39 Å². The highest BCUT2D eigenvalue weighted by Crippen LogP contribution is 2.25. The largest absolute Gasteiger partial charge is 0.464 e. The highest BCUT2D eigenvalue weighted by molar-refractivity contribution is 5.93. The predicted octanol–water partition coefficient (Wildman–Crippen LogP) is 3.91. The van der Waals surface area contributed by atoms with E-state index in [9.17, 15) is 14.0 Å². The van der Waals surface area contributed by atoms with Crippen molar-refractivity contribution < 1.29 is 23.1 Å². The summed E-state index contributed by atoms with van der Waals surface area (Å²) in [6.45, 7) is 3.53. The fourth-order valence-corrected chi connectivity index (χ4v) is 2.59. The highest BCUT2D eigenvalue weighted by Gasteiger charge is 2.14. The molecule has 26 heavy (non-hydrogen) atoms. The predicted molar refractivity (Wildman–Crippen MR) is 95.4 cm³/mol. The number of halogens is 1. The lowest BCUT2D eigenvalue weighted by Gasteiger charge is -2.06. The second-order valence-electron chi connectivity index (χ2n) is 6.09. The van der Waals surface area contributed by atoms with Crippen LogP contribution in [0.2, 0.25) is 0 Å². The molecule has 6 heteroatoms. The van der Waals surface area contributed by atoms with Gasteiger partial charge in [0, 0.05) is 16.6 Å². The maximum absolute atomic E-state index is 13.1. The zero-order chi connectivity index (χ0) is 18.7. The van der Waals surface area contributed by atoms with Crippen LogP contribution in [0.5, 0.6) is 0 Å². The van der Waals surface area contributed by atoms with Crippen molar-refractivity contribution in [1.29, 1.82) is 0 Å². The Balaban J connectivity index is 1.57. The molecule has 0 aliphatic carbocycles. The molecule has 0 fully saturated rings. The molecule has 0 saturated carbocycles. The summed E-state index contributed by atoms with van der Waals surface area (Å²) in [5.74, 6) is -1.54. The van der Waals surface area contributed by atoms with E-state index in [-0.39, 0.29) is 6.42 Å². The Bertz CT molecular complexity index is 977. The van der Waals surface area contributed by atoms with Crippen LogP contribution in [0.15, 0.2) is 47.1 Å². The van der Waals surface area contributed by atoms with E-state index in [0.717, 1.165) is 16.5 Å². The number of hydrogen-bond acceptors (Lipinski definition) is 4. The number of hydrogen-bond donors (Lipinski definition) is 1. The molecule has 5 nitrogen and oxygen atoms in total. The van der Waals surface area contributed by atoms with Crippen molar-refractivity contribution in [2.45, 2.75) is 20.3 Å². The number of furan rings is 1. The van der Waals surface area contributed by atoms with E-state index in [1.807, 2.05) is 26.0 Å². The normalized spacial score (nSPS) is 10.7. The monoisotopic (exact) mass is 355 g/mol. The number of benzene rings is 2. The lowest BCUT2D eigenvalue weighted by molar-refractivity contribution is -0.146. The summed E-state index contributed by atoms with van der Waals surface area (Å²) < 4.78 is 23.6. The van der Waals surface area contributed by atoms with Crippen LogP contribution in [-0.2, 0) is 20.7 Å². The van der Waals surface area contributed by atoms with Gasteiger partial charge in [-0.1, -0.05) is 6.07 Å². The summed E-state index contributed by atoms with van der Waals surface area (Å²) in [4.78, 5) is 23.8. The second kappa shape index (κ2) is 7.39. The van der Waals surface area contributed by atoms with E-state index in [0.29, 0.717) is 16.8 Å². The summed E-state index contributed by atoms with van der Waals surface area (Å²) in [6, 6.07) is 9.37. The molecular weight excluding hydrogens is 337 g/mol. The van der Waals surface area contributed by atoms with Gasteiger partial charge in [0.05, 0.1) is 12.7 Å². The van der Waals surface area contributed by atoms with Crippen LogP contribution in [0.1, 0.15) is 16.7 Å². The van der Waals surface area contributed by atoms with Gasteiger partial charge in [-0.2, -0.15) is 0 Å². The number of carbonyl (C=O) groups excluding carboxylic acids is 2. The van der Waals surface area contributed by atoms with Crippen molar-refractivity contribution in [1.82, 2.24) is 0 Å². The minimum Gasteiger partial charge on any atom is -0.464 e. The molecule has 0 bridgehead atoms. The Kier molecular flexibility index (Phi) is 5.02. The van der Waals surface area contributed by atoms with E-state index >= 15 is 0 Å². The molecule has 1 N–H and O–H groups in total. The lowest BCUT2D eigenvalue weighted by atomic mass is 10.0. The molecule has 2 aromatic carbocycles. The number of ether oxygens (including phenoxy) is 1. The number of aryl methyl sites for hydroxylation is 2. The first-order chi connectivity index (χ1) is 12.4. The van der Waals surface area contributed by atoms with Gasteiger partial charge >= 0.3 is 5.97 Å². The van der Waals surface area contributed by atoms with Gasteiger partial charge in [0.15, 0.2) is 6.61 Å². The zero-order valence-corrected chi connectivity index (χ0v) is 14.5. The Morgan fingerprint density at radius 1 is 1.15 bits per heavy atom. The number of esters is 1. The van der Waals surface area contributed by atoms with Gasteiger partial charge in [-0.3, -0.25) is 9.59 Å². The maximum Gasteiger partial charge on any atom is 0.310 e. The van der Waals surface area contributed by atoms with Gasteiger partial charge < -0.3 is 14.5 Å². The molecule has 1 heterocycles. The minimum atomic E-state index is -0.541. The van der Waals surface area contributed by atoms with Crippen LogP contribution in [0, 0.1) is 19.7 Å². The van der Waals surface area contributed by atoms with Gasteiger partial charge in [0.2, 0.25) is 0 Å². The van der Waals surface area contributed by atoms with Crippen molar-refractivity contribution >= 4 is 28.5 Å². The third-order valence-corrected chi connectivity index (χ3v) is 4.08. The van der Waals surface area contributed by atoms with Crippen molar-refractivity contribution in [3.63, 3.8) is 0 Å². The van der Waals surface area contributed by atoms with Crippen LogP contribution in [0.25, 0.3) is 11.0 Å². The SMILES string of the molecule is Cc1cc2occ(CC(=O)OCC(=O)Nc3cccc(F)c3)c2cc1C. The molecule has 0 aliphatic rings. The standard InChI is InChI=1S/C20H18FNO4/c1-12-6-17-14(10-25-18(17)7-13(12)2)8-20(24)26-11-19(23)22-16-5-3-4-15(21)9-16/h3-7,9-10H,8,11H2,1-2H3,(H,22,23). The molecule has 3 rings (SSSR count). The molecule has 1 aromatic heterocycles. The summed E-state index contributed by atoms with van der Waals surface area (Å²) >= 11 is 0. The first kappa shape index (κ1) is 17.7. The Labute approximate surface area is 149 Å². The fraction of sp³-hybridized carbons (Fsp3) is 0.200. The van der Waals surface area contributed by atoms with E-state index in [1.54, 1.807) is 6.07 Å². The summed E-state index contributed by atoms with van der Waals surface area (Å²) in [7, 11) is 0. The van der Waals surface area contributed by atoms with Crippen molar-refractivity contribution in [3.8, 4) is 0 Å². The molecule has 3 aromatic rings. The number of nitrogens with one attached hydrogen (secondary N) is 1. The smallest absolute Gasteiger partial charge is 0.310 e. The Morgan fingerprint density at radius 2 is 1.92 bits per heavy atom. The van der Waals surface area contributed by atoms with Gasteiger partial charge in [-0.05, 0) is 55.3 Å². The summed E-state index contributed by atoms with van der Waals surface area (Å²) in [5, 5.41) is 3.32. The highest BCUT2D eigenvalue weighted by atomic mass is 19.1. The second-order valence-corrected chi connectivity index (χ2v) is 6.09. The lowest BCUT2D eigenvalue weighted by Crippen LogP contribution is -2.21. The number of anilines is 1. The Morgan fingerprint density at radius 3 is 2.69 bits per heavy atom. The van der Waals surface area contributed by atoms with E-state index in [1.165, 1.54) is 24.5 Å². The topological polar surface area (TPSA) is 68.5 Å². The average Bonchev–Trinajstić information content (AvgIpc) is 2.95. The van der Waals surface area contributed by atoms with Crippen LogP contribution < -0.4 is 5.32 Å². The van der Waals surface area contributed by atoms with Crippen LogP contribution in [-0.4, -0.2) is 18.5 Å². The van der Waals surface area contributed by atoms with E-state index in [4.69, 9.17) is 9.15 Å². The van der Waals surface area contributed by atoms with Crippen molar-refractivity contribution in [2.75, 3.05) is 11.9 Å². The summed E-state index contributed by atoms with van der Waals surface area (Å²) in [5.41, 5.74) is 3.93. The van der Waals surface area contributed by atoms with E-state index < -0.39 is 24.3 Å². The molecule has 0 saturated heterocycles.